The molecule has 1 saturated carbocycles. The van der Waals surface area contributed by atoms with Crippen molar-refractivity contribution in [2.75, 3.05) is 39.4 Å². The summed E-state index contributed by atoms with van der Waals surface area (Å²) in [5.41, 5.74) is 0.960. The third-order valence-electron chi connectivity index (χ3n) is 5.87. The number of ether oxygens (including phenoxy) is 1. The van der Waals surface area contributed by atoms with Gasteiger partial charge in [0.25, 0.3) is 5.91 Å². The second kappa shape index (κ2) is 5.95. The van der Waals surface area contributed by atoms with Crippen LogP contribution in [0, 0.1) is 5.92 Å². The summed E-state index contributed by atoms with van der Waals surface area (Å²) in [7, 11) is 1.94. The highest BCUT2D eigenvalue weighted by Gasteiger charge is 2.44. The van der Waals surface area contributed by atoms with E-state index >= 15 is 0 Å². The molecule has 3 aliphatic rings. The van der Waals surface area contributed by atoms with Gasteiger partial charge in [-0.15, -0.1) is 0 Å². The van der Waals surface area contributed by atoms with Gasteiger partial charge in [0.15, 0.2) is 0 Å². The van der Waals surface area contributed by atoms with E-state index in [2.05, 4.69) is 4.90 Å². The average Bonchev–Trinajstić information content (AvgIpc) is 3.28. The maximum atomic E-state index is 12.7. The summed E-state index contributed by atoms with van der Waals surface area (Å²) in [6, 6.07) is 3.85. The first-order valence-electron chi connectivity index (χ1n) is 8.91. The Kier molecular flexibility index (Phi) is 3.93. The molecule has 23 heavy (non-hydrogen) atoms. The average molecular weight is 317 g/mol. The Morgan fingerprint density at radius 3 is 2.74 bits per heavy atom. The lowest BCUT2D eigenvalue weighted by Crippen LogP contribution is -2.62. The van der Waals surface area contributed by atoms with E-state index in [0.717, 1.165) is 57.3 Å². The lowest BCUT2D eigenvalue weighted by atomic mass is 9.85. The zero-order chi connectivity index (χ0) is 15.9. The van der Waals surface area contributed by atoms with E-state index in [1.54, 1.807) is 0 Å². The summed E-state index contributed by atoms with van der Waals surface area (Å²) in [5.74, 6) is 1.07. The predicted octanol–water partition coefficient (Wildman–Crippen LogP) is 1.74. The number of morpholine rings is 1. The number of hydrogen-bond donors (Lipinski definition) is 0. The third kappa shape index (κ3) is 2.92. The molecular weight excluding hydrogens is 290 g/mol. The zero-order valence-corrected chi connectivity index (χ0v) is 14.0. The molecule has 4 rings (SSSR count). The summed E-state index contributed by atoms with van der Waals surface area (Å²) in [6.45, 7) is 5.67. The highest BCUT2D eigenvalue weighted by atomic mass is 16.5. The Morgan fingerprint density at radius 1 is 1.30 bits per heavy atom. The fourth-order valence-corrected chi connectivity index (χ4v) is 4.09. The molecule has 0 bridgehead atoms. The van der Waals surface area contributed by atoms with Crippen LogP contribution in [0.3, 0.4) is 0 Å². The number of likely N-dealkylation sites (tertiary alicyclic amines) is 1. The van der Waals surface area contributed by atoms with Gasteiger partial charge in [-0.25, -0.2) is 0 Å². The number of hydrogen-bond acceptors (Lipinski definition) is 3. The van der Waals surface area contributed by atoms with Crippen molar-refractivity contribution in [1.82, 2.24) is 14.4 Å². The van der Waals surface area contributed by atoms with Gasteiger partial charge in [0.05, 0.1) is 13.2 Å². The van der Waals surface area contributed by atoms with Crippen LogP contribution in [0.2, 0.25) is 0 Å². The monoisotopic (exact) mass is 317 g/mol. The Balaban J connectivity index is 1.42. The molecule has 3 fully saturated rings. The lowest BCUT2D eigenvalue weighted by molar-refractivity contribution is -0.0933. The molecule has 2 saturated heterocycles. The Bertz CT molecular complexity index is 571. The largest absolute Gasteiger partial charge is 0.378 e. The molecule has 2 aliphatic heterocycles. The smallest absolute Gasteiger partial charge is 0.270 e. The van der Waals surface area contributed by atoms with Crippen LogP contribution in [0.4, 0.5) is 0 Å². The van der Waals surface area contributed by atoms with E-state index in [-0.39, 0.29) is 11.4 Å². The number of piperidine rings is 1. The molecule has 1 aromatic heterocycles. The number of amides is 1. The molecule has 0 radical (unpaired) electrons. The first-order chi connectivity index (χ1) is 11.2. The summed E-state index contributed by atoms with van der Waals surface area (Å²) in [6.07, 6.45) is 6.80. The van der Waals surface area contributed by atoms with Crippen molar-refractivity contribution in [3.8, 4) is 0 Å². The molecule has 0 unspecified atom stereocenters. The maximum absolute atomic E-state index is 12.7. The van der Waals surface area contributed by atoms with Crippen LogP contribution < -0.4 is 0 Å². The van der Waals surface area contributed by atoms with Crippen molar-refractivity contribution in [1.29, 1.82) is 0 Å². The minimum absolute atomic E-state index is 0.165. The molecule has 3 heterocycles. The molecule has 1 aromatic rings. The van der Waals surface area contributed by atoms with Crippen molar-refractivity contribution in [3.63, 3.8) is 0 Å². The number of nitrogens with zero attached hydrogens (tertiary/aromatic N) is 3. The van der Waals surface area contributed by atoms with Gasteiger partial charge >= 0.3 is 0 Å². The SMILES string of the molecule is Cn1cccc1C(=O)N1CCC2(CC1)COCCN2CC1CC1. The first-order valence-corrected chi connectivity index (χ1v) is 8.91. The Morgan fingerprint density at radius 2 is 2.09 bits per heavy atom. The molecule has 0 atom stereocenters. The van der Waals surface area contributed by atoms with E-state index in [9.17, 15) is 4.79 Å². The van der Waals surface area contributed by atoms with Gasteiger partial charge in [-0.05, 0) is 43.7 Å². The number of carbonyl (C=O) groups is 1. The summed E-state index contributed by atoms with van der Waals surface area (Å²) >= 11 is 0. The van der Waals surface area contributed by atoms with Gasteiger partial charge in [-0.3, -0.25) is 9.69 Å². The third-order valence-corrected chi connectivity index (χ3v) is 5.87. The zero-order valence-electron chi connectivity index (χ0n) is 14.0. The van der Waals surface area contributed by atoms with Gasteiger partial charge in [0, 0.05) is 45.0 Å². The molecule has 1 spiro atoms. The van der Waals surface area contributed by atoms with E-state index in [4.69, 9.17) is 4.74 Å². The minimum atomic E-state index is 0.165. The van der Waals surface area contributed by atoms with Crippen molar-refractivity contribution in [2.24, 2.45) is 13.0 Å². The predicted molar refractivity (Wildman–Crippen MR) is 88.4 cm³/mol. The van der Waals surface area contributed by atoms with Gasteiger partial charge in [0.2, 0.25) is 0 Å². The first kappa shape index (κ1) is 15.2. The van der Waals surface area contributed by atoms with Crippen LogP contribution >= 0.6 is 0 Å². The van der Waals surface area contributed by atoms with Crippen LogP contribution in [0.25, 0.3) is 0 Å². The fraction of sp³-hybridized carbons (Fsp3) is 0.722. The van der Waals surface area contributed by atoms with E-state index < -0.39 is 0 Å². The van der Waals surface area contributed by atoms with Crippen LogP contribution in [-0.4, -0.2) is 65.2 Å². The normalized spacial score (nSPS) is 25.0. The highest BCUT2D eigenvalue weighted by molar-refractivity contribution is 5.92. The summed E-state index contributed by atoms with van der Waals surface area (Å²) in [4.78, 5) is 17.4. The summed E-state index contributed by atoms with van der Waals surface area (Å²) < 4.78 is 7.75. The van der Waals surface area contributed by atoms with Gasteiger partial charge in [0.1, 0.15) is 5.69 Å². The van der Waals surface area contributed by atoms with Crippen molar-refractivity contribution in [2.45, 2.75) is 31.2 Å². The number of aryl methyl sites for hydroxylation is 1. The van der Waals surface area contributed by atoms with E-state index in [0.29, 0.717) is 0 Å². The van der Waals surface area contributed by atoms with Gasteiger partial charge < -0.3 is 14.2 Å². The summed E-state index contributed by atoms with van der Waals surface area (Å²) in [5, 5.41) is 0. The quantitative estimate of drug-likeness (QED) is 0.852. The van der Waals surface area contributed by atoms with Gasteiger partial charge in [-0.1, -0.05) is 0 Å². The lowest BCUT2D eigenvalue weighted by Gasteiger charge is -2.51. The van der Waals surface area contributed by atoms with Crippen molar-refractivity contribution in [3.05, 3.63) is 24.0 Å². The van der Waals surface area contributed by atoms with E-state index in [1.165, 1.54) is 19.4 Å². The van der Waals surface area contributed by atoms with E-state index in [1.807, 2.05) is 34.8 Å². The molecule has 1 aliphatic carbocycles. The molecular formula is C18H27N3O2. The topological polar surface area (TPSA) is 37.7 Å². The molecule has 1 amide bonds. The van der Waals surface area contributed by atoms with Crippen LogP contribution in [-0.2, 0) is 11.8 Å². The number of rotatable bonds is 3. The second-order valence-electron chi connectivity index (χ2n) is 7.46. The van der Waals surface area contributed by atoms with Gasteiger partial charge in [-0.2, -0.15) is 0 Å². The number of aromatic nitrogens is 1. The van der Waals surface area contributed by atoms with Crippen LogP contribution in [0.1, 0.15) is 36.2 Å². The highest BCUT2D eigenvalue weighted by Crippen LogP contribution is 2.37. The van der Waals surface area contributed by atoms with Crippen LogP contribution in [0.5, 0.6) is 0 Å². The molecule has 5 heteroatoms. The second-order valence-corrected chi connectivity index (χ2v) is 7.46. The maximum Gasteiger partial charge on any atom is 0.270 e. The fourth-order valence-electron chi connectivity index (χ4n) is 4.09. The number of carbonyl (C=O) groups excluding carboxylic acids is 1. The molecule has 0 aromatic carbocycles. The minimum Gasteiger partial charge on any atom is -0.378 e. The molecule has 0 N–H and O–H groups in total. The molecule has 5 nitrogen and oxygen atoms in total. The van der Waals surface area contributed by atoms with Crippen molar-refractivity contribution >= 4 is 5.91 Å². The van der Waals surface area contributed by atoms with Crippen LogP contribution in [0.15, 0.2) is 18.3 Å². The Labute approximate surface area is 138 Å². The standard InChI is InChI=1S/C18H27N3O2/c1-19-8-2-3-16(19)17(22)20-9-6-18(7-10-20)14-23-12-11-21(18)13-15-4-5-15/h2-3,8,15H,4-7,9-14H2,1H3. The molecule has 126 valence electrons. The van der Waals surface area contributed by atoms with Crippen molar-refractivity contribution < 1.29 is 9.53 Å². The Hall–Kier alpha value is -1.33.